The van der Waals surface area contributed by atoms with E-state index >= 15 is 0 Å². The van der Waals surface area contributed by atoms with Crippen molar-refractivity contribution in [2.24, 2.45) is 4.99 Å². The Morgan fingerprint density at radius 3 is 2.84 bits per heavy atom. The number of nitrogens with one attached hydrogen (secondary N) is 2. The zero-order valence-electron chi connectivity index (χ0n) is 10.7. The molecule has 4 nitrogen and oxygen atoms in total. The van der Waals surface area contributed by atoms with Crippen molar-refractivity contribution < 1.29 is 0 Å². The lowest BCUT2D eigenvalue weighted by Crippen LogP contribution is -1.99. The standard InChI is InChI=1S/C15H15N3O/c1-3-5-11(6-4-2)10-16-12-7-8-13-14(9-12)18-15(19)17-13/h3-10H,1H2,2H3,(H2,17,18,19)/b6-4-,11-5+,16-10+. The molecular weight excluding hydrogens is 238 g/mol. The molecule has 4 heteroatoms. The molecule has 0 bridgehead atoms. The summed E-state index contributed by atoms with van der Waals surface area (Å²) in [7, 11) is 0. The summed E-state index contributed by atoms with van der Waals surface area (Å²) < 4.78 is 0. The van der Waals surface area contributed by atoms with Gasteiger partial charge in [-0.05, 0) is 30.7 Å². The number of aromatic amines is 2. The van der Waals surface area contributed by atoms with Crippen LogP contribution in [0.5, 0.6) is 0 Å². The van der Waals surface area contributed by atoms with Crippen LogP contribution in [0, 0.1) is 0 Å². The summed E-state index contributed by atoms with van der Waals surface area (Å²) in [6.45, 7) is 5.61. The average molecular weight is 253 g/mol. The number of H-pyrrole nitrogens is 2. The van der Waals surface area contributed by atoms with Gasteiger partial charge in [-0.25, -0.2) is 4.79 Å². The summed E-state index contributed by atoms with van der Waals surface area (Å²) in [5, 5.41) is 0. The Hall–Kier alpha value is -2.62. The molecule has 19 heavy (non-hydrogen) atoms. The van der Waals surface area contributed by atoms with E-state index in [0.717, 1.165) is 22.3 Å². The van der Waals surface area contributed by atoms with Crippen molar-refractivity contribution >= 4 is 22.9 Å². The van der Waals surface area contributed by atoms with Crippen LogP contribution in [0.15, 0.2) is 64.4 Å². The van der Waals surface area contributed by atoms with Crippen molar-refractivity contribution in [3.63, 3.8) is 0 Å². The molecule has 0 atom stereocenters. The molecule has 0 aliphatic heterocycles. The molecule has 0 saturated heterocycles. The maximum absolute atomic E-state index is 11.2. The van der Waals surface area contributed by atoms with Gasteiger partial charge in [-0.3, -0.25) is 4.99 Å². The number of aromatic nitrogens is 2. The molecule has 2 rings (SSSR count). The van der Waals surface area contributed by atoms with Crippen molar-refractivity contribution in [3.05, 3.63) is 65.1 Å². The minimum atomic E-state index is -0.211. The van der Waals surface area contributed by atoms with E-state index in [0.29, 0.717) is 0 Å². The van der Waals surface area contributed by atoms with Crippen molar-refractivity contribution in [1.29, 1.82) is 0 Å². The third-order valence-corrected chi connectivity index (χ3v) is 2.53. The summed E-state index contributed by atoms with van der Waals surface area (Å²) in [6.07, 6.45) is 9.23. The second-order valence-electron chi connectivity index (χ2n) is 3.97. The molecule has 96 valence electrons. The number of allylic oxidation sites excluding steroid dienone is 5. The van der Waals surface area contributed by atoms with Gasteiger partial charge in [0.1, 0.15) is 0 Å². The van der Waals surface area contributed by atoms with Gasteiger partial charge in [0.25, 0.3) is 0 Å². The van der Waals surface area contributed by atoms with E-state index in [4.69, 9.17) is 0 Å². The Balaban J connectivity index is 2.31. The van der Waals surface area contributed by atoms with Gasteiger partial charge in [-0.15, -0.1) is 0 Å². The van der Waals surface area contributed by atoms with Crippen LogP contribution < -0.4 is 5.69 Å². The molecule has 0 aliphatic rings. The van der Waals surface area contributed by atoms with Gasteiger partial charge in [0.05, 0.1) is 16.7 Å². The second-order valence-corrected chi connectivity index (χ2v) is 3.97. The third-order valence-electron chi connectivity index (χ3n) is 2.53. The van der Waals surface area contributed by atoms with Crippen LogP contribution >= 0.6 is 0 Å². The molecule has 2 aromatic rings. The Bertz CT molecular complexity index is 729. The lowest BCUT2D eigenvalue weighted by Gasteiger charge is -1.95. The molecule has 0 unspecified atom stereocenters. The van der Waals surface area contributed by atoms with Gasteiger partial charge in [0, 0.05) is 6.21 Å². The SMILES string of the molecule is C=C/C=C(\C=C/C)/C=N/c1ccc2[nH]c(=O)[nH]c2c1. The fourth-order valence-electron chi connectivity index (χ4n) is 1.72. The summed E-state index contributed by atoms with van der Waals surface area (Å²) in [6, 6.07) is 5.50. The zero-order valence-corrected chi connectivity index (χ0v) is 10.7. The maximum atomic E-state index is 11.2. The Labute approximate surface area is 110 Å². The first-order valence-electron chi connectivity index (χ1n) is 5.94. The topological polar surface area (TPSA) is 61.0 Å². The van der Waals surface area contributed by atoms with E-state index in [-0.39, 0.29) is 5.69 Å². The van der Waals surface area contributed by atoms with Gasteiger partial charge < -0.3 is 9.97 Å². The van der Waals surface area contributed by atoms with Crippen LogP contribution in [0.4, 0.5) is 5.69 Å². The van der Waals surface area contributed by atoms with Crippen molar-refractivity contribution in [2.45, 2.75) is 6.92 Å². The van der Waals surface area contributed by atoms with Crippen LogP contribution in [0.25, 0.3) is 11.0 Å². The smallest absolute Gasteiger partial charge is 0.306 e. The number of benzene rings is 1. The molecular formula is C15H15N3O. The summed E-state index contributed by atoms with van der Waals surface area (Å²) in [5.41, 5.74) is 3.05. The molecule has 0 aliphatic carbocycles. The lowest BCUT2D eigenvalue weighted by atomic mass is 10.2. The van der Waals surface area contributed by atoms with Gasteiger partial charge in [0.15, 0.2) is 0 Å². The molecule has 0 fully saturated rings. The van der Waals surface area contributed by atoms with Crippen LogP contribution in [-0.4, -0.2) is 16.2 Å². The first-order chi connectivity index (χ1) is 9.22. The zero-order chi connectivity index (χ0) is 13.7. The van der Waals surface area contributed by atoms with Gasteiger partial charge in [0.2, 0.25) is 0 Å². The lowest BCUT2D eigenvalue weighted by molar-refractivity contribution is 1.21. The number of hydrogen-bond acceptors (Lipinski definition) is 2. The highest BCUT2D eigenvalue weighted by Gasteiger charge is 1.98. The van der Waals surface area contributed by atoms with Crippen molar-refractivity contribution in [3.8, 4) is 0 Å². The highest BCUT2D eigenvalue weighted by molar-refractivity contribution is 5.86. The normalized spacial score (nSPS) is 12.8. The number of imidazole rings is 1. The average Bonchev–Trinajstić information content (AvgIpc) is 2.75. The van der Waals surface area contributed by atoms with Crippen LogP contribution in [0.3, 0.4) is 0 Å². The molecule has 1 aromatic heterocycles. The van der Waals surface area contributed by atoms with E-state index in [1.54, 1.807) is 12.3 Å². The predicted molar refractivity (Wildman–Crippen MR) is 80.2 cm³/mol. The highest BCUT2D eigenvalue weighted by Crippen LogP contribution is 2.17. The molecule has 0 saturated carbocycles. The van der Waals surface area contributed by atoms with Crippen molar-refractivity contribution in [1.82, 2.24) is 9.97 Å². The first-order valence-corrected chi connectivity index (χ1v) is 5.94. The van der Waals surface area contributed by atoms with Crippen LogP contribution in [0.1, 0.15) is 6.92 Å². The molecule has 2 N–H and O–H groups in total. The minimum absolute atomic E-state index is 0.211. The van der Waals surface area contributed by atoms with Crippen molar-refractivity contribution in [2.75, 3.05) is 0 Å². The molecule has 0 amide bonds. The molecule has 1 heterocycles. The largest absolute Gasteiger partial charge is 0.323 e. The first kappa shape index (κ1) is 12.8. The maximum Gasteiger partial charge on any atom is 0.323 e. The number of hydrogen-bond donors (Lipinski definition) is 2. The van der Waals surface area contributed by atoms with E-state index in [1.807, 2.05) is 43.4 Å². The minimum Gasteiger partial charge on any atom is -0.306 e. The third kappa shape index (κ3) is 3.19. The quantitative estimate of drug-likeness (QED) is 0.637. The second kappa shape index (κ2) is 5.82. The Kier molecular flexibility index (Phi) is 3.93. The summed E-state index contributed by atoms with van der Waals surface area (Å²) in [4.78, 5) is 20.9. The highest BCUT2D eigenvalue weighted by atomic mass is 16.1. The van der Waals surface area contributed by atoms with Crippen LogP contribution in [0.2, 0.25) is 0 Å². The van der Waals surface area contributed by atoms with E-state index in [2.05, 4.69) is 21.5 Å². The van der Waals surface area contributed by atoms with Gasteiger partial charge in [-0.1, -0.05) is 30.9 Å². The number of rotatable bonds is 4. The van der Waals surface area contributed by atoms with E-state index in [1.165, 1.54) is 0 Å². The molecule has 1 aromatic carbocycles. The number of fused-ring (bicyclic) bond motifs is 1. The summed E-state index contributed by atoms with van der Waals surface area (Å²) >= 11 is 0. The molecule has 0 spiro atoms. The number of nitrogens with zero attached hydrogens (tertiary/aromatic N) is 1. The monoisotopic (exact) mass is 253 g/mol. The molecule has 0 radical (unpaired) electrons. The predicted octanol–water partition coefficient (Wildman–Crippen LogP) is 3.25. The fraction of sp³-hybridized carbons (Fsp3) is 0.0667. The van der Waals surface area contributed by atoms with Gasteiger partial charge in [-0.2, -0.15) is 0 Å². The van der Waals surface area contributed by atoms with E-state index < -0.39 is 0 Å². The number of aliphatic imine (C=N–C) groups is 1. The Morgan fingerprint density at radius 2 is 2.11 bits per heavy atom. The van der Waals surface area contributed by atoms with E-state index in [9.17, 15) is 4.79 Å². The van der Waals surface area contributed by atoms with Gasteiger partial charge >= 0.3 is 5.69 Å². The van der Waals surface area contributed by atoms with Crippen LogP contribution in [-0.2, 0) is 0 Å². The fourth-order valence-corrected chi connectivity index (χ4v) is 1.72. The Morgan fingerprint density at radius 1 is 1.32 bits per heavy atom. The summed E-state index contributed by atoms with van der Waals surface area (Å²) in [5.74, 6) is 0.